The minimum atomic E-state index is -0.194. The summed E-state index contributed by atoms with van der Waals surface area (Å²) < 4.78 is 24.1. The number of anilines is 1. The molecule has 2 rings (SSSR count). The Morgan fingerprint density at radius 1 is 1.12 bits per heavy atom. The van der Waals surface area contributed by atoms with E-state index in [-0.39, 0.29) is 5.82 Å². The lowest BCUT2D eigenvalue weighted by atomic mass is 10.3. The minimum absolute atomic E-state index is 0.194. The van der Waals surface area contributed by atoms with Crippen LogP contribution in [0.2, 0.25) is 0 Å². The maximum atomic E-state index is 13.6. The van der Waals surface area contributed by atoms with E-state index in [0.29, 0.717) is 34.7 Å². The normalized spacial score (nSPS) is 11.1. The summed E-state index contributed by atoms with van der Waals surface area (Å²) in [5.41, 5.74) is 0.826. The molecule has 5 nitrogen and oxygen atoms in total. The number of nitrogens with one attached hydrogen (secondary N) is 2. The first kappa shape index (κ1) is 18.9. The van der Waals surface area contributed by atoms with Crippen LogP contribution in [-0.4, -0.2) is 39.5 Å². The third-order valence-corrected chi connectivity index (χ3v) is 4.41. The Hall–Kier alpha value is -2.41. The van der Waals surface area contributed by atoms with Gasteiger partial charge in [0.05, 0.1) is 14.2 Å². The van der Waals surface area contributed by atoms with Gasteiger partial charge in [-0.1, -0.05) is 12.1 Å². The first-order valence-corrected chi connectivity index (χ1v) is 8.73. The van der Waals surface area contributed by atoms with E-state index in [4.69, 9.17) is 9.47 Å². The predicted molar refractivity (Wildman–Crippen MR) is 102 cm³/mol. The first-order valence-electron chi connectivity index (χ1n) is 7.75. The molecule has 0 aromatic heterocycles. The average Bonchev–Trinajstić information content (AvgIpc) is 2.65. The Morgan fingerprint density at radius 2 is 1.88 bits per heavy atom. The zero-order valence-corrected chi connectivity index (χ0v) is 15.3. The second-order valence-electron chi connectivity index (χ2n) is 4.97. The van der Waals surface area contributed by atoms with E-state index in [2.05, 4.69) is 15.6 Å². The molecular weight excluding hydrogens is 341 g/mol. The van der Waals surface area contributed by atoms with E-state index >= 15 is 0 Å². The van der Waals surface area contributed by atoms with Crippen molar-refractivity contribution in [2.24, 2.45) is 4.99 Å². The molecule has 0 saturated heterocycles. The summed E-state index contributed by atoms with van der Waals surface area (Å²) in [6.07, 6.45) is 0. The molecule has 25 heavy (non-hydrogen) atoms. The number of benzene rings is 2. The van der Waals surface area contributed by atoms with E-state index in [1.165, 1.54) is 17.8 Å². The molecule has 0 saturated carbocycles. The highest BCUT2D eigenvalue weighted by Crippen LogP contribution is 2.29. The molecule has 0 aliphatic carbocycles. The summed E-state index contributed by atoms with van der Waals surface area (Å²) >= 11 is 1.46. The van der Waals surface area contributed by atoms with Gasteiger partial charge >= 0.3 is 0 Å². The zero-order chi connectivity index (χ0) is 18.1. The van der Waals surface area contributed by atoms with E-state index in [1.54, 1.807) is 33.4 Å². The van der Waals surface area contributed by atoms with Crippen LogP contribution >= 0.6 is 11.8 Å². The molecule has 2 aromatic rings. The van der Waals surface area contributed by atoms with Gasteiger partial charge in [0.15, 0.2) is 17.5 Å². The summed E-state index contributed by atoms with van der Waals surface area (Å²) in [5, 5.41) is 6.38. The van der Waals surface area contributed by atoms with Crippen LogP contribution in [0.3, 0.4) is 0 Å². The van der Waals surface area contributed by atoms with Gasteiger partial charge in [0.25, 0.3) is 0 Å². The smallest absolute Gasteiger partial charge is 0.195 e. The second kappa shape index (κ2) is 9.78. The third kappa shape index (κ3) is 5.56. The summed E-state index contributed by atoms with van der Waals surface area (Å²) in [6.45, 7) is 0.645. The number of guanidine groups is 1. The Labute approximate surface area is 151 Å². The van der Waals surface area contributed by atoms with Crippen molar-refractivity contribution in [1.82, 2.24) is 5.32 Å². The van der Waals surface area contributed by atoms with Gasteiger partial charge < -0.3 is 20.1 Å². The van der Waals surface area contributed by atoms with Gasteiger partial charge in [0, 0.05) is 36.0 Å². The Morgan fingerprint density at radius 3 is 2.56 bits per heavy atom. The van der Waals surface area contributed by atoms with Gasteiger partial charge in [0.2, 0.25) is 0 Å². The number of aliphatic imine (C=N–C) groups is 1. The van der Waals surface area contributed by atoms with Crippen molar-refractivity contribution in [3.63, 3.8) is 0 Å². The summed E-state index contributed by atoms with van der Waals surface area (Å²) in [4.78, 5) is 4.83. The number of rotatable bonds is 7. The molecule has 0 radical (unpaired) electrons. The van der Waals surface area contributed by atoms with Crippen LogP contribution in [0.25, 0.3) is 0 Å². The molecule has 2 aromatic carbocycles. The topological polar surface area (TPSA) is 54.9 Å². The van der Waals surface area contributed by atoms with Crippen LogP contribution in [0.4, 0.5) is 10.1 Å². The quantitative estimate of drug-likeness (QED) is 0.341. The summed E-state index contributed by atoms with van der Waals surface area (Å²) in [7, 11) is 4.88. The molecular formula is C18H22FN3O2S. The summed E-state index contributed by atoms with van der Waals surface area (Å²) in [5.74, 6) is 2.45. The van der Waals surface area contributed by atoms with Gasteiger partial charge in [-0.2, -0.15) is 0 Å². The number of ether oxygens (including phenoxy) is 2. The zero-order valence-electron chi connectivity index (χ0n) is 14.5. The molecule has 0 unspecified atom stereocenters. The Balaban J connectivity index is 1.86. The minimum Gasteiger partial charge on any atom is -0.493 e. The van der Waals surface area contributed by atoms with Crippen LogP contribution < -0.4 is 20.1 Å². The first-order chi connectivity index (χ1) is 12.2. The van der Waals surface area contributed by atoms with E-state index < -0.39 is 0 Å². The fourth-order valence-electron chi connectivity index (χ4n) is 2.12. The number of halogens is 1. The average molecular weight is 363 g/mol. The van der Waals surface area contributed by atoms with Crippen molar-refractivity contribution in [2.45, 2.75) is 4.90 Å². The molecule has 0 aliphatic rings. The molecule has 0 atom stereocenters. The summed E-state index contributed by atoms with van der Waals surface area (Å²) in [6, 6.07) is 12.3. The Bertz CT molecular complexity index is 725. The SMILES string of the molecule is CN=C(NCCSc1ccccc1F)Nc1ccc(OC)c(OC)c1. The van der Waals surface area contributed by atoms with Crippen LogP contribution in [0, 0.1) is 5.82 Å². The largest absolute Gasteiger partial charge is 0.493 e. The number of nitrogens with zero attached hydrogens (tertiary/aromatic N) is 1. The van der Waals surface area contributed by atoms with Gasteiger partial charge in [-0.15, -0.1) is 11.8 Å². The fraction of sp³-hybridized carbons (Fsp3) is 0.278. The van der Waals surface area contributed by atoms with Crippen LogP contribution in [-0.2, 0) is 0 Å². The van der Waals surface area contributed by atoms with Crippen molar-refractivity contribution >= 4 is 23.4 Å². The Kier molecular flexibility index (Phi) is 7.40. The van der Waals surface area contributed by atoms with E-state index in [0.717, 1.165) is 5.69 Å². The molecule has 0 aliphatic heterocycles. The standard InChI is InChI=1S/C18H22FN3O2S/c1-20-18(21-10-11-25-17-7-5-4-6-14(17)19)22-13-8-9-15(23-2)16(12-13)24-3/h4-9,12H,10-11H2,1-3H3,(H2,20,21,22). The van der Waals surface area contributed by atoms with Crippen molar-refractivity contribution in [3.8, 4) is 11.5 Å². The van der Waals surface area contributed by atoms with Crippen LogP contribution in [0.1, 0.15) is 0 Å². The van der Waals surface area contributed by atoms with E-state index in [9.17, 15) is 4.39 Å². The number of hydrogen-bond donors (Lipinski definition) is 2. The van der Waals surface area contributed by atoms with Gasteiger partial charge in [-0.3, -0.25) is 4.99 Å². The van der Waals surface area contributed by atoms with Crippen molar-refractivity contribution in [3.05, 3.63) is 48.3 Å². The van der Waals surface area contributed by atoms with Crippen LogP contribution in [0.15, 0.2) is 52.4 Å². The molecule has 7 heteroatoms. The van der Waals surface area contributed by atoms with Gasteiger partial charge in [-0.05, 0) is 24.3 Å². The van der Waals surface area contributed by atoms with E-state index in [1.807, 2.05) is 24.3 Å². The van der Waals surface area contributed by atoms with Crippen molar-refractivity contribution in [1.29, 1.82) is 0 Å². The van der Waals surface area contributed by atoms with Crippen molar-refractivity contribution in [2.75, 3.05) is 38.9 Å². The molecule has 2 N–H and O–H groups in total. The number of thioether (sulfide) groups is 1. The number of methoxy groups -OCH3 is 2. The highest BCUT2D eigenvalue weighted by atomic mass is 32.2. The second-order valence-corrected chi connectivity index (χ2v) is 6.11. The lowest BCUT2D eigenvalue weighted by Crippen LogP contribution is -2.32. The van der Waals surface area contributed by atoms with Gasteiger partial charge in [-0.25, -0.2) is 4.39 Å². The highest BCUT2D eigenvalue weighted by Gasteiger charge is 2.06. The highest BCUT2D eigenvalue weighted by molar-refractivity contribution is 7.99. The molecule has 0 amide bonds. The maximum Gasteiger partial charge on any atom is 0.195 e. The number of hydrogen-bond acceptors (Lipinski definition) is 4. The lowest BCUT2D eigenvalue weighted by molar-refractivity contribution is 0.355. The van der Waals surface area contributed by atoms with Crippen molar-refractivity contribution < 1.29 is 13.9 Å². The third-order valence-electron chi connectivity index (χ3n) is 3.36. The molecule has 0 heterocycles. The molecule has 0 bridgehead atoms. The molecule has 0 spiro atoms. The predicted octanol–water partition coefficient (Wildman–Crippen LogP) is 3.62. The molecule has 134 valence electrons. The van der Waals surface area contributed by atoms with Gasteiger partial charge in [0.1, 0.15) is 5.82 Å². The fourth-order valence-corrected chi connectivity index (χ4v) is 2.93. The molecule has 0 fully saturated rings. The monoisotopic (exact) mass is 363 g/mol. The lowest BCUT2D eigenvalue weighted by Gasteiger charge is -2.14. The maximum absolute atomic E-state index is 13.6. The van der Waals surface area contributed by atoms with Crippen LogP contribution in [0.5, 0.6) is 11.5 Å².